The molecule has 0 atom stereocenters. The maximum atomic E-state index is 5.91. The molecule has 3 nitrogen and oxygen atoms in total. The number of benzene rings is 1. The molecule has 0 aliphatic carbocycles. The summed E-state index contributed by atoms with van der Waals surface area (Å²) in [5.74, 6) is 1.76. The Labute approximate surface area is 115 Å². The van der Waals surface area contributed by atoms with Crippen molar-refractivity contribution in [1.29, 1.82) is 0 Å². The molecule has 1 aromatic heterocycles. The molecule has 2 aromatic rings. The number of hydrogen-bond donors (Lipinski definition) is 0. The quantitative estimate of drug-likeness (QED) is 0.846. The summed E-state index contributed by atoms with van der Waals surface area (Å²) < 4.78 is 7.00. The van der Waals surface area contributed by atoms with Gasteiger partial charge in [0.05, 0.1) is 12.2 Å². The lowest BCUT2D eigenvalue weighted by Crippen LogP contribution is -2.15. The third-order valence-corrected chi connectivity index (χ3v) is 4.32. The van der Waals surface area contributed by atoms with Gasteiger partial charge in [-0.05, 0) is 31.2 Å². The fraction of sp³-hybridized carbons (Fsp3) is 0.357. The Kier molecular flexibility index (Phi) is 2.99. The monoisotopic (exact) mass is 306 g/mol. The van der Waals surface area contributed by atoms with Gasteiger partial charge in [0, 0.05) is 16.6 Å². The van der Waals surface area contributed by atoms with Crippen LogP contribution >= 0.6 is 15.9 Å². The van der Waals surface area contributed by atoms with Gasteiger partial charge in [-0.3, -0.25) is 4.90 Å². The third kappa shape index (κ3) is 1.89. The summed E-state index contributed by atoms with van der Waals surface area (Å²) in [6.45, 7) is 7.06. The van der Waals surface area contributed by atoms with Crippen LogP contribution in [-0.2, 0) is 13.1 Å². The minimum atomic E-state index is 0.745. The van der Waals surface area contributed by atoms with Crippen molar-refractivity contribution < 1.29 is 4.42 Å². The highest BCUT2D eigenvalue weighted by molar-refractivity contribution is 9.10. The Bertz CT molecular complexity index is 568. The molecule has 0 unspecified atom stereocenters. The van der Waals surface area contributed by atoms with Gasteiger partial charge in [-0.1, -0.05) is 28.9 Å². The predicted molar refractivity (Wildman–Crippen MR) is 74.2 cm³/mol. The average molecular weight is 307 g/mol. The van der Waals surface area contributed by atoms with Crippen LogP contribution in [0.2, 0.25) is 0 Å². The number of hydrogen-bond acceptors (Lipinski definition) is 3. The molecule has 0 spiro atoms. The van der Waals surface area contributed by atoms with Crippen molar-refractivity contribution in [2.45, 2.75) is 26.9 Å². The van der Waals surface area contributed by atoms with Gasteiger partial charge in [0.25, 0.3) is 0 Å². The first kappa shape index (κ1) is 11.9. The maximum absolute atomic E-state index is 5.91. The highest BCUT2D eigenvalue weighted by atomic mass is 79.9. The Morgan fingerprint density at radius 3 is 2.94 bits per heavy atom. The van der Waals surface area contributed by atoms with E-state index in [2.05, 4.69) is 45.7 Å². The zero-order valence-corrected chi connectivity index (χ0v) is 12.1. The number of oxazole rings is 1. The second-order valence-corrected chi connectivity index (χ2v) is 5.46. The van der Waals surface area contributed by atoms with Gasteiger partial charge in [-0.25, -0.2) is 4.98 Å². The molecule has 94 valence electrons. The zero-order chi connectivity index (χ0) is 12.7. The second-order valence-electron chi connectivity index (χ2n) is 4.60. The van der Waals surface area contributed by atoms with Crippen molar-refractivity contribution in [3.8, 4) is 11.5 Å². The van der Waals surface area contributed by atoms with Crippen LogP contribution in [0.25, 0.3) is 11.5 Å². The third-order valence-electron chi connectivity index (χ3n) is 3.46. The molecule has 0 radical (unpaired) electrons. The molecule has 3 rings (SSSR count). The number of fused-ring (bicyclic) bond motifs is 1. The van der Waals surface area contributed by atoms with Crippen molar-refractivity contribution >= 4 is 15.9 Å². The van der Waals surface area contributed by atoms with E-state index in [4.69, 9.17) is 4.42 Å². The number of aromatic nitrogens is 1. The first-order chi connectivity index (χ1) is 8.69. The topological polar surface area (TPSA) is 29.3 Å². The Morgan fingerprint density at radius 1 is 1.39 bits per heavy atom. The Balaban J connectivity index is 1.98. The van der Waals surface area contributed by atoms with E-state index in [1.165, 1.54) is 5.56 Å². The highest BCUT2D eigenvalue weighted by Crippen LogP contribution is 2.32. The van der Waals surface area contributed by atoms with E-state index in [9.17, 15) is 0 Å². The van der Waals surface area contributed by atoms with Gasteiger partial charge in [-0.15, -0.1) is 0 Å². The van der Waals surface area contributed by atoms with E-state index in [0.717, 1.165) is 47.0 Å². The molecular formula is C14H15BrN2O. The maximum Gasteiger partial charge on any atom is 0.226 e. The predicted octanol–water partition coefficient (Wildman–Crippen LogP) is 3.75. The molecule has 4 heteroatoms. The first-order valence-corrected chi connectivity index (χ1v) is 6.94. The summed E-state index contributed by atoms with van der Waals surface area (Å²) in [6.07, 6.45) is 0. The first-order valence-electron chi connectivity index (χ1n) is 6.15. The average Bonchev–Trinajstić information content (AvgIpc) is 2.90. The molecule has 0 N–H and O–H groups in total. The van der Waals surface area contributed by atoms with Crippen molar-refractivity contribution in [3.05, 3.63) is 39.7 Å². The smallest absolute Gasteiger partial charge is 0.226 e. The lowest BCUT2D eigenvalue weighted by Gasteiger charge is -2.10. The molecule has 0 amide bonds. The van der Waals surface area contributed by atoms with Gasteiger partial charge >= 0.3 is 0 Å². The molecule has 0 saturated carbocycles. The molecule has 1 aliphatic heterocycles. The summed E-state index contributed by atoms with van der Waals surface area (Å²) in [5.41, 5.74) is 3.33. The molecular weight excluding hydrogens is 292 g/mol. The summed E-state index contributed by atoms with van der Waals surface area (Å²) in [7, 11) is 0. The van der Waals surface area contributed by atoms with Crippen LogP contribution in [0.15, 0.2) is 27.1 Å². The van der Waals surface area contributed by atoms with Gasteiger partial charge in [0.15, 0.2) is 0 Å². The van der Waals surface area contributed by atoms with Crippen molar-refractivity contribution in [1.82, 2.24) is 9.88 Å². The standard InChI is InChI=1S/C14H15BrN2O/c1-3-17-7-12-13(8-17)18-14(16-12)10-5-4-6-11(15)9(10)2/h4-6H,3,7-8H2,1-2H3. The van der Waals surface area contributed by atoms with E-state index in [-0.39, 0.29) is 0 Å². The molecule has 18 heavy (non-hydrogen) atoms. The summed E-state index contributed by atoms with van der Waals surface area (Å²) >= 11 is 3.54. The van der Waals surface area contributed by atoms with Gasteiger partial charge in [0.2, 0.25) is 5.89 Å². The van der Waals surface area contributed by atoms with Crippen LogP contribution in [0.1, 0.15) is 23.9 Å². The van der Waals surface area contributed by atoms with Gasteiger partial charge in [-0.2, -0.15) is 0 Å². The lowest BCUT2D eigenvalue weighted by molar-refractivity contribution is 0.280. The molecule has 0 bridgehead atoms. The van der Waals surface area contributed by atoms with Crippen LogP contribution in [0, 0.1) is 6.92 Å². The van der Waals surface area contributed by atoms with E-state index in [1.54, 1.807) is 0 Å². The summed E-state index contributed by atoms with van der Waals surface area (Å²) in [4.78, 5) is 6.95. The normalized spacial score (nSPS) is 15.1. The molecule has 0 fully saturated rings. The molecule has 1 aromatic carbocycles. The zero-order valence-electron chi connectivity index (χ0n) is 10.5. The number of nitrogens with zero attached hydrogens (tertiary/aromatic N) is 2. The Morgan fingerprint density at radius 2 is 2.22 bits per heavy atom. The van der Waals surface area contributed by atoms with Gasteiger partial charge in [0.1, 0.15) is 5.76 Å². The number of halogens is 1. The fourth-order valence-corrected chi connectivity index (χ4v) is 2.65. The van der Waals surface area contributed by atoms with E-state index < -0.39 is 0 Å². The van der Waals surface area contributed by atoms with Crippen LogP contribution in [0.4, 0.5) is 0 Å². The highest BCUT2D eigenvalue weighted by Gasteiger charge is 2.25. The van der Waals surface area contributed by atoms with E-state index in [1.807, 2.05) is 12.1 Å². The molecule has 0 saturated heterocycles. The van der Waals surface area contributed by atoms with Gasteiger partial charge < -0.3 is 4.42 Å². The van der Waals surface area contributed by atoms with Crippen LogP contribution < -0.4 is 0 Å². The summed E-state index contributed by atoms with van der Waals surface area (Å²) in [6, 6.07) is 6.10. The molecule has 2 heterocycles. The molecule has 1 aliphatic rings. The number of rotatable bonds is 2. The second kappa shape index (κ2) is 4.52. The van der Waals surface area contributed by atoms with E-state index in [0.29, 0.717) is 0 Å². The van der Waals surface area contributed by atoms with Crippen molar-refractivity contribution in [2.24, 2.45) is 0 Å². The minimum Gasteiger partial charge on any atom is -0.439 e. The van der Waals surface area contributed by atoms with Crippen molar-refractivity contribution in [2.75, 3.05) is 6.54 Å². The van der Waals surface area contributed by atoms with Crippen molar-refractivity contribution in [3.63, 3.8) is 0 Å². The van der Waals surface area contributed by atoms with Crippen LogP contribution in [-0.4, -0.2) is 16.4 Å². The largest absolute Gasteiger partial charge is 0.439 e. The van der Waals surface area contributed by atoms with E-state index >= 15 is 0 Å². The van der Waals surface area contributed by atoms with Crippen LogP contribution in [0.5, 0.6) is 0 Å². The summed E-state index contributed by atoms with van der Waals surface area (Å²) in [5, 5.41) is 0. The Hall–Kier alpha value is -1.13. The lowest BCUT2D eigenvalue weighted by atomic mass is 10.1. The van der Waals surface area contributed by atoms with Crippen LogP contribution in [0.3, 0.4) is 0 Å². The SMILES string of the molecule is CCN1Cc2nc(-c3cccc(Br)c3C)oc2C1. The fourth-order valence-electron chi connectivity index (χ4n) is 2.28. The minimum absolute atomic E-state index is 0.745.